The lowest BCUT2D eigenvalue weighted by Gasteiger charge is -2.16. The molecule has 1 N–H and O–H groups in total. The molecule has 0 aliphatic rings. The van der Waals surface area contributed by atoms with E-state index in [1.165, 1.54) is 0 Å². The van der Waals surface area contributed by atoms with Crippen LogP contribution in [0.1, 0.15) is 30.5 Å². The zero-order valence-corrected chi connectivity index (χ0v) is 15.8. The molecule has 0 fully saturated rings. The number of aryl methyl sites for hydroxylation is 3. The lowest BCUT2D eigenvalue weighted by atomic mass is 10.0. The van der Waals surface area contributed by atoms with E-state index in [1.807, 2.05) is 20.8 Å². The van der Waals surface area contributed by atoms with E-state index >= 15 is 0 Å². The fourth-order valence-electron chi connectivity index (χ4n) is 2.59. The van der Waals surface area contributed by atoms with Crippen LogP contribution in [0.3, 0.4) is 0 Å². The first-order valence-electron chi connectivity index (χ1n) is 7.66. The Morgan fingerprint density at radius 1 is 0.885 bits per heavy atom. The molecular weight excluding hydrogens is 392 g/mol. The Balaban J connectivity index is 2.74. The van der Waals surface area contributed by atoms with E-state index in [9.17, 15) is 26.0 Å². The molecule has 0 radical (unpaired) electrons. The van der Waals surface area contributed by atoms with E-state index in [2.05, 4.69) is 0 Å². The fraction of sp³-hybridized carbons (Fsp3) is 0.294. The Bertz CT molecular complexity index is 918. The van der Waals surface area contributed by atoms with Crippen LogP contribution in [0, 0.1) is 30.2 Å². The number of rotatable bonds is 5. The summed E-state index contributed by atoms with van der Waals surface area (Å²) >= 11 is 0.493. The van der Waals surface area contributed by atoms with Crippen LogP contribution in [0.2, 0.25) is 0 Å². The van der Waals surface area contributed by atoms with Crippen LogP contribution in [0.4, 0.5) is 17.6 Å². The molecular formula is C17H16F4O3S2. The third kappa shape index (κ3) is 3.74. The van der Waals surface area contributed by atoms with Crippen molar-refractivity contribution in [1.29, 1.82) is 0 Å². The van der Waals surface area contributed by atoms with Crippen LogP contribution in [-0.2, 0) is 23.0 Å². The molecule has 0 aromatic heterocycles. The van der Waals surface area contributed by atoms with Gasteiger partial charge in [0, 0.05) is 4.90 Å². The second-order valence-corrected chi connectivity index (χ2v) is 7.99. The Kier molecular flexibility index (Phi) is 6.04. The van der Waals surface area contributed by atoms with Crippen molar-refractivity contribution in [2.75, 3.05) is 0 Å². The van der Waals surface area contributed by atoms with Crippen LogP contribution in [0.15, 0.2) is 26.8 Å². The summed E-state index contributed by atoms with van der Waals surface area (Å²) in [5, 5.41) is 0. The van der Waals surface area contributed by atoms with Crippen molar-refractivity contribution in [2.24, 2.45) is 0 Å². The molecule has 0 saturated heterocycles. The first-order valence-corrected chi connectivity index (χ1v) is 9.92. The molecule has 0 spiro atoms. The molecule has 0 aliphatic carbocycles. The Labute approximate surface area is 153 Å². The summed E-state index contributed by atoms with van der Waals surface area (Å²) in [4.78, 5) is -2.58. The minimum absolute atomic E-state index is 0.455. The maximum absolute atomic E-state index is 14.3. The number of benzene rings is 2. The third-order valence-corrected chi connectivity index (χ3v) is 5.96. The van der Waals surface area contributed by atoms with Gasteiger partial charge in [0.2, 0.25) is 0 Å². The van der Waals surface area contributed by atoms with E-state index in [4.69, 9.17) is 4.55 Å². The zero-order valence-electron chi connectivity index (χ0n) is 14.2. The molecule has 26 heavy (non-hydrogen) atoms. The molecule has 3 nitrogen and oxygen atoms in total. The van der Waals surface area contributed by atoms with E-state index in [0.29, 0.717) is 29.5 Å². The Hall–Kier alpha value is -1.58. The standard InChI is InChI=1S/C17H16F4O3S2/c1-4-9-6-8(3)7-10(5-2)15(9)25-16-11(18)13(20)17(26(22,23)24)14(21)12(16)19/h6-7H,4-5H2,1-3H3,(H,22,23,24). The Morgan fingerprint density at radius 3 is 1.65 bits per heavy atom. The van der Waals surface area contributed by atoms with Crippen molar-refractivity contribution in [3.63, 3.8) is 0 Å². The van der Waals surface area contributed by atoms with Gasteiger partial charge in [-0.1, -0.05) is 43.3 Å². The maximum atomic E-state index is 14.3. The molecule has 0 saturated carbocycles. The van der Waals surface area contributed by atoms with Gasteiger partial charge in [0.25, 0.3) is 0 Å². The van der Waals surface area contributed by atoms with Crippen molar-refractivity contribution < 1.29 is 30.5 Å². The van der Waals surface area contributed by atoms with Crippen LogP contribution in [0.25, 0.3) is 0 Å². The molecule has 0 amide bonds. The Morgan fingerprint density at radius 2 is 1.31 bits per heavy atom. The molecule has 2 aromatic rings. The predicted molar refractivity (Wildman–Crippen MR) is 90.1 cm³/mol. The largest absolute Gasteiger partial charge is 0.300 e. The zero-order chi connectivity index (χ0) is 19.8. The number of hydrogen-bond donors (Lipinski definition) is 1. The first-order chi connectivity index (χ1) is 12.0. The summed E-state index contributed by atoms with van der Waals surface area (Å²) in [6.45, 7) is 5.51. The molecule has 0 unspecified atom stereocenters. The third-order valence-electron chi connectivity index (χ3n) is 3.79. The van der Waals surface area contributed by atoms with Crippen LogP contribution >= 0.6 is 11.8 Å². The second-order valence-electron chi connectivity index (χ2n) is 5.61. The highest BCUT2D eigenvalue weighted by molar-refractivity contribution is 7.99. The smallest absolute Gasteiger partial charge is 0.282 e. The minimum atomic E-state index is -5.47. The molecule has 0 aliphatic heterocycles. The average Bonchev–Trinajstić information content (AvgIpc) is 2.56. The molecule has 2 aromatic carbocycles. The van der Waals surface area contributed by atoms with Gasteiger partial charge in [-0.2, -0.15) is 8.42 Å². The van der Waals surface area contributed by atoms with Crippen molar-refractivity contribution in [1.82, 2.24) is 0 Å². The van der Waals surface area contributed by atoms with Gasteiger partial charge in [-0.3, -0.25) is 4.55 Å². The molecule has 142 valence electrons. The van der Waals surface area contributed by atoms with Crippen LogP contribution in [-0.4, -0.2) is 13.0 Å². The van der Waals surface area contributed by atoms with Crippen molar-refractivity contribution in [3.05, 3.63) is 52.1 Å². The van der Waals surface area contributed by atoms with Crippen molar-refractivity contribution in [2.45, 2.75) is 48.3 Å². The van der Waals surface area contributed by atoms with E-state index < -0.39 is 43.2 Å². The summed E-state index contributed by atoms with van der Waals surface area (Å²) in [6.07, 6.45) is 1.04. The van der Waals surface area contributed by atoms with Gasteiger partial charge < -0.3 is 0 Å². The van der Waals surface area contributed by atoms with Crippen molar-refractivity contribution in [3.8, 4) is 0 Å². The molecule has 0 atom stereocenters. The normalized spacial score (nSPS) is 11.8. The molecule has 0 heterocycles. The predicted octanol–water partition coefficient (Wildman–Crippen LogP) is 5.07. The second kappa shape index (κ2) is 7.58. The minimum Gasteiger partial charge on any atom is -0.282 e. The van der Waals surface area contributed by atoms with Gasteiger partial charge >= 0.3 is 10.1 Å². The highest BCUT2D eigenvalue weighted by Crippen LogP contribution is 2.40. The molecule has 9 heteroatoms. The lowest BCUT2D eigenvalue weighted by Crippen LogP contribution is -2.11. The topological polar surface area (TPSA) is 54.4 Å². The summed E-state index contributed by atoms with van der Waals surface area (Å²) in [7, 11) is -5.47. The van der Waals surface area contributed by atoms with Gasteiger partial charge in [0.05, 0.1) is 4.90 Å². The first kappa shape index (κ1) is 20.7. The molecule has 0 bridgehead atoms. The van der Waals surface area contributed by atoms with Crippen molar-refractivity contribution >= 4 is 21.9 Å². The van der Waals surface area contributed by atoms with Crippen LogP contribution in [0.5, 0.6) is 0 Å². The van der Waals surface area contributed by atoms with E-state index in [1.54, 1.807) is 12.1 Å². The highest BCUT2D eigenvalue weighted by Gasteiger charge is 2.33. The number of halogens is 4. The summed E-state index contributed by atoms with van der Waals surface area (Å²) in [5.41, 5.74) is 2.42. The number of hydrogen-bond acceptors (Lipinski definition) is 3. The van der Waals surface area contributed by atoms with Gasteiger partial charge in [0.1, 0.15) is 0 Å². The summed E-state index contributed by atoms with van der Waals surface area (Å²) < 4.78 is 87.4. The SMILES string of the molecule is CCc1cc(C)cc(CC)c1Sc1c(F)c(F)c(S(=O)(=O)O)c(F)c1F. The summed E-state index contributed by atoms with van der Waals surface area (Å²) in [5.74, 6) is -8.05. The monoisotopic (exact) mass is 408 g/mol. The molecule has 2 rings (SSSR count). The van der Waals surface area contributed by atoms with Gasteiger partial charge in [-0.25, -0.2) is 17.6 Å². The van der Waals surface area contributed by atoms with E-state index in [0.717, 1.165) is 16.7 Å². The highest BCUT2D eigenvalue weighted by atomic mass is 32.2. The van der Waals surface area contributed by atoms with Gasteiger partial charge in [-0.15, -0.1) is 0 Å². The quantitative estimate of drug-likeness (QED) is 0.426. The maximum Gasteiger partial charge on any atom is 0.300 e. The average molecular weight is 408 g/mol. The summed E-state index contributed by atoms with van der Waals surface area (Å²) in [6, 6.07) is 3.60. The lowest BCUT2D eigenvalue weighted by molar-refractivity contribution is 0.384. The van der Waals surface area contributed by atoms with Gasteiger partial charge in [0.15, 0.2) is 28.2 Å². The van der Waals surface area contributed by atoms with Gasteiger partial charge in [-0.05, 0) is 30.9 Å². The van der Waals surface area contributed by atoms with Crippen LogP contribution < -0.4 is 0 Å². The fourth-order valence-corrected chi connectivity index (χ4v) is 4.46. The van der Waals surface area contributed by atoms with E-state index in [-0.39, 0.29) is 0 Å².